The third kappa shape index (κ3) is 2.24. The van der Waals surface area contributed by atoms with E-state index in [2.05, 4.69) is 6.92 Å². The zero-order chi connectivity index (χ0) is 11.7. The van der Waals surface area contributed by atoms with Crippen LogP contribution in [0.25, 0.3) is 0 Å². The maximum atomic E-state index is 13.1. The third-order valence-electron chi connectivity index (χ3n) is 3.57. The fourth-order valence-corrected chi connectivity index (χ4v) is 2.57. The minimum atomic E-state index is -0.810. The van der Waals surface area contributed by atoms with Crippen molar-refractivity contribution in [1.82, 2.24) is 0 Å². The summed E-state index contributed by atoms with van der Waals surface area (Å²) in [4.78, 5) is 0. The Morgan fingerprint density at radius 1 is 1.25 bits per heavy atom. The van der Waals surface area contributed by atoms with E-state index in [1.54, 1.807) is 6.07 Å². The van der Waals surface area contributed by atoms with E-state index < -0.39 is 11.6 Å². The lowest BCUT2D eigenvalue weighted by Crippen LogP contribution is -2.19. The summed E-state index contributed by atoms with van der Waals surface area (Å²) in [6.45, 7) is 2.21. The van der Waals surface area contributed by atoms with Crippen LogP contribution in [0.1, 0.15) is 37.8 Å². The molecule has 1 aliphatic rings. The Morgan fingerprint density at radius 3 is 2.56 bits per heavy atom. The van der Waals surface area contributed by atoms with E-state index in [1.165, 1.54) is 12.5 Å². The molecule has 2 rings (SSSR count). The van der Waals surface area contributed by atoms with Gasteiger partial charge in [0, 0.05) is 6.04 Å². The van der Waals surface area contributed by atoms with Crippen molar-refractivity contribution in [3.8, 4) is 0 Å². The van der Waals surface area contributed by atoms with E-state index in [4.69, 9.17) is 5.73 Å². The molecule has 0 radical (unpaired) electrons. The molecule has 1 fully saturated rings. The normalized spacial score (nSPS) is 27.0. The lowest BCUT2D eigenvalue weighted by molar-refractivity contribution is 0.424. The largest absolute Gasteiger partial charge is 0.324 e. The van der Waals surface area contributed by atoms with Crippen LogP contribution in [0.15, 0.2) is 18.2 Å². The Hall–Kier alpha value is -0.960. The fourth-order valence-electron chi connectivity index (χ4n) is 2.57. The highest BCUT2D eigenvalue weighted by atomic mass is 19.2. The Morgan fingerprint density at radius 2 is 2.00 bits per heavy atom. The van der Waals surface area contributed by atoms with Crippen molar-refractivity contribution in [1.29, 1.82) is 0 Å². The van der Waals surface area contributed by atoms with Crippen molar-refractivity contribution in [2.75, 3.05) is 0 Å². The average molecular weight is 225 g/mol. The first-order chi connectivity index (χ1) is 7.58. The molecule has 0 bridgehead atoms. The predicted octanol–water partition coefficient (Wildman–Crippen LogP) is 3.40. The minimum Gasteiger partial charge on any atom is -0.324 e. The van der Waals surface area contributed by atoms with E-state index in [9.17, 15) is 8.78 Å². The van der Waals surface area contributed by atoms with E-state index in [-0.39, 0.29) is 6.04 Å². The number of nitrogens with two attached hydrogens (primary N) is 1. The molecule has 1 aromatic rings. The lowest BCUT2D eigenvalue weighted by atomic mass is 9.92. The van der Waals surface area contributed by atoms with Gasteiger partial charge >= 0.3 is 0 Å². The maximum Gasteiger partial charge on any atom is 0.159 e. The van der Waals surface area contributed by atoms with Gasteiger partial charge in [-0.05, 0) is 42.4 Å². The molecule has 1 aliphatic carbocycles. The van der Waals surface area contributed by atoms with Gasteiger partial charge in [0.15, 0.2) is 11.6 Å². The van der Waals surface area contributed by atoms with Gasteiger partial charge in [-0.1, -0.05) is 19.4 Å². The summed E-state index contributed by atoms with van der Waals surface area (Å²) >= 11 is 0. The van der Waals surface area contributed by atoms with E-state index in [0.29, 0.717) is 17.4 Å². The molecule has 88 valence electrons. The summed E-state index contributed by atoms with van der Waals surface area (Å²) in [7, 11) is 0. The first kappa shape index (κ1) is 11.5. The number of hydrogen-bond donors (Lipinski definition) is 1. The number of halogens is 2. The topological polar surface area (TPSA) is 26.0 Å². The Kier molecular flexibility index (Phi) is 3.24. The summed E-state index contributed by atoms with van der Waals surface area (Å²) in [5.41, 5.74) is 6.80. The van der Waals surface area contributed by atoms with Gasteiger partial charge in [0.05, 0.1) is 0 Å². The Balaban J connectivity index is 2.14. The molecule has 2 N–H and O–H groups in total. The molecule has 0 heterocycles. The van der Waals surface area contributed by atoms with Gasteiger partial charge in [-0.25, -0.2) is 8.78 Å². The second-order valence-corrected chi connectivity index (χ2v) is 4.88. The monoisotopic (exact) mass is 225 g/mol. The lowest BCUT2D eigenvalue weighted by Gasteiger charge is -2.19. The van der Waals surface area contributed by atoms with Gasteiger partial charge < -0.3 is 5.73 Å². The molecule has 16 heavy (non-hydrogen) atoms. The summed E-state index contributed by atoms with van der Waals surface area (Å²) in [5, 5.41) is 0. The highest BCUT2D eigenvalue weighted by Crippen LogP contribution is 2.37. The summed E-state index contributed by atoms with van der Waals surface area (Å²) in [6.07, 6.45) is 3.35. The molecule has 0 spiro atoms. The molecule has 0 aromatic heterocycles. The maximum absolute atomic E-state index is 13.1. The third-order valence-corrected chi connectivity index (χ3v) is 3.57. The molecule has 1 saturated carbocycles. The highest BCUT2D eigenvalue weighted by Gasteiger charge is 2.27. The number of hydrogen-bond acceptors (Lipinski definition) is 1. The van der Waals surface area contributed by atoms with Crippen LogP contribution < -0.4 is 5.73 Å². The second kappa shape index (κ2) is 4.50. The molecule has 0 saturated heterocycles. The molecule has 0 aliphatic heterocycles. The van der Waals surface area contributed by atoms with Crippen LogP contribution >= 0.6 is 0 Å². The van der Waals surface area contributed by atoms with Crippen LogP contribution in [-0.2, 0) is 0 Å². The van der Waals surface area contributed by atoms with Crippen molar-refractivity contribution in [2.24, 2.45) is 17.6 Å². The summed E-state index contributed by atoms with van der Waals surface area (Å²) < 4.78 is 25.9. The van der Waals surface area contributed by atoms with Crippen LogP contribution in [0.3, 0.4) is 0 Å². The van der Waals surface area contributed by atoms with Crippen molar-refractivity contribution in [3.05, 3.63) is 35.4 Å². The van der Waals surface area contributed by atoms with Crippen molar-refractivity contribution in [3.63, 3.8) is 0 Å². The van der Waals surface area contributed by atoms with Crippen LogP contribution in [-0.4, -0.2) is 0 Å². The first-order valence-corrected chi connectivity index (χ1v) is 5.78. The predicted molar refractivity (Wildman–Crippen MR) is 59.8 cm³/mol. The van der Waals surface area contributed by atoms with Crippen molar-refractivity contribution < 1.29 is 8.78 Å². The standard InChI is InChI=1S/C13H17F2N/c1-8-2-3-9(6-8)13(16)10-4-5-11(14)12(15)7-10/h4-5,7-9,13H,2-3,6,16H2,1H3. The molecule has 3 unspecified atom stereocenters. The van der Waals surface area contributed by atoms with Gasteiger partial charge in [-0.2, -0.15) is 0 Å². The zero-order valence-electron chi connectivity index (χ0n) is 9.42. The molecular weight excluding hydrogens is 208 g/mol. The van der Waals surface area contributed by atoms with E-state index in [1.807, 2.05) is 0 Å². The average Bonchev–Trinajstić information content (AvgIpc) is 2.68. The van der Waals surface area contributed by atoms with Gasteiger partial charge in [-0.3, -0.25) is 0 Å². The van der Waals surface area contributed by atoms with Crippen LogP contribution in [0.4, 0.5) is 8.78 Å². The number of rotatable bonds is 2. The quantitative estimate of drug-likeness (QED) is 0.820. The van der Waals surface area contributed by atoms with Crippen LogP contribution in [0.2, 0.25) is 0 Å². The number of benzene rings is 1. The van der Waals surface area contributed by atoms with E-state index >= 15 is 0 Å². The van der Waals surface area contributed by atoms with Gasteiger partial charge in [-0.15, -0.1) is 0 Å². The molecule has 1 nitrogen and oxygen atoms in total. The molecule has 1 aromatic carbocycles. The van der Waals surface area contributed by atoms with Gasteiger partial charge in [0.2, 0.25) is 0 Å². The Bertz CT molecular complexity index is 378. The molecule has 3 atom stereocenters. The molecule has 0 amide bonds. The molecular formula is C13H17F2N. The SMILES string of the molecule is CC1CCC(C(N)c2ccc(F)c(F)c2)C1. The first-order valence-electron chi connectivity index (χ1n) is 5.78. The highest BCUT2D eigenvalue weighted by molar-refractivity contribution is 5.21. The zero-order valence-corrected chi connectivity index (χ0v) is 9.42. The summed E-state index contributed by atoms with van der Waals surface area (Å²) in [6, 6.07) is 3.80. The van der Waals surface area contributed by atoms with Crippen LogP contribution in [0.5, 0.6) is 0 Å². The Labute approximate surface area is 94.7 Å². The van der Waals surface area contributed by atoms with E-state index in [0.717, 1.165) is 18.9 Å². The van der Waals surface area contributed by atoms with Crippen molar-refractivity contribution >= 4 is 0 Å². The minimum absolute atomic E-state index is 0.167. The van der Waals surface area contributed by atoms with Crippen LogP contribution in [0, 0.1) is 23.5 Å². The van der Waals surface area contributed by atoms with Gasteiger partial charge in [0.25, 0.3) is 0 Å². The molecule has 3 heteroatoms. The smallest absolute Gasteiger partial charge is 0.159 e. The van der Waals surface area contributed by atoms with Crippen molar-refractivity contribution in [2.45, 2.75) is 32.2 Å². The van der Waals surface area contributed by atoms with Gasteiger partial charge in [0.1, 0.15) is 0 Å². The fraction of sp³-hybridized carbons (Fsp3) is 0.538. The summed E-state index contributed by atoms with van der Waals surface area (Å²) in [5.74, 6) is -0.518. The second-order valence-electron chi connectivity index (χ2n) is 4.88.